The Kier molecular flexibility index (Phi) is 2.79. The summed E-state index contributed by atoms with van der Waals surface area (Å²) in [7, 11) is 1.49. The van der Waals surface area contributed by atoms with Crippen molar-refractivity contribution in [1.29, 1.82) is 0 Å². The fraction of sp³-hybridized carbons (Fsp3) is 0.800. The van der Waals surface area contributed by atoms with E-state index in [4.69, 9.17) is 0 Å². The molecule has 0 bridgehead atoms. The molecular weight excluding hydrogens is 205 g/mol. The molecule has 0 aliphatic heterocycles. The first-order valence-electron chi connectivity index (χ1n) is 3.37. The molecule has 1 unspecified atom stereocenters. The zero-order chi connectivity index (χ0) is 10.1. The van der Waals surface area contributed by atoms with Gasteiger partial charge in [-0.1, -0.05) is 11.8 Å². The van der Waals surface area contributed by atoms with E-state index in [2.05, 4.69) is 15.5 Å². The summed E-state index contributed by atoms with van der Waals surface area (Å²) in [6.45, 7) is 1.07. The normalized spacial score (nSPS) is 14.5. The highest BCUT2D eigenvalue weighted by atomic mass is 32.2. The van der Waals surface area contributed by atoms with Crippen molar-refractivity contribution in [2.75, 3.05) is 0 Å². The molecule has 0 N–H and O–H groups in total. The van der Waals surface area contributed by atoms with Crippen LogP contribution in [0, 0.1) is 0 Å². The van der Waals surface area contributed by atoms with Crippen LogP contribution in [0.3, 0.4) is 0 Å². The number of rotatable bonds is 2. The van der Waals surface area contributed by atoms with Crippen molar-refractivity contribution in [3.05, 3.63) is 0 Å². The predicted octanol–water partition coefficient (Wildman–Crippen LogP) is 1.25. The Labute approximate surface area is 76.5 Å². The predicted molar refractivity (Wildman–Crippen MR) is 40.2 cm³/mol. The van der Waals surface area contributed by atoms with E-state index in [0.29, 0.717) is 11.8 Å². The van der Waals surface area contributed by atoms with E-state index in [9.17, 15) is 13.2 Å². The summed E-state index contributed by atoms with van der Waals surface area (Å²) in [4.78, 5) is 0. The smallest absolute Gasteiger partial charge is 0.224 e. The van der Waals surface area contributed by atoms with Gasteiger partial charge in [0, 0.05) is 7.05 Å². The Morgan fingerprint density at radius 2 is 2.08 bits per heavy atom. The van der Waals surface area contributed by atoms with Crippen LogP contribution in [-0.4, -0.2) is 31.6 Å². The molecule has 1 atom stereocenters. The monoisotopic (exact) mass is 212 g/mol. The molecule has 0 saturated heterocycles. The molecule has 0 radical (unpaired) electrons. The number of aryl methyl sites for hydroxylation is 1. The van der Waals surface area contributed by atoms with Gasteiger partial charge in [-0.3, -0.25) is 0 Å². The molecule has 0 saturated carbocycles. The van der Waals surface area contributed by atoms with Crippen LogP contribution in [0.25, 0.3) is 0 Å². The fourth-order valence-corrected chi connectivity index (χ4v) is 1.27. The highest BCUT2D eigenvalue weighted by Gasteiger charge is 2.37. The molecule has 8 heteroatoms. The summed E-state index contributed by atoms with van der Waals surface area (Å²) >= 11 is 0.586. The summed E-state index contributed by atoms with van der Waals surface area (Å²) in [5.41, 5.74) is 0. The third-order valence-corrected chi connectivity index (χ3v) is 2.50. The lowest BCUT2D eigenvalue weighted by atomic mass is 10.5. The molecular formula is C5H7F3N4S. The van der Waals surface area contributed by atoms with Gasteiger partial charge in [0.15, 0.2) is 0 Å². The molecule has 74 valence electrons. The highest BCUT2D eigenvalue weighted by molar-refractivity contribution is 7.99. The Bertz CT molecular complexity index is 284. The van der Waals surface area contributed by atoms with Crippen LogP contribution in [0.2, 0.25) is 0 Å². The average molecular weight is 212 g/mol. The minimum Gasteiger partial charge on any atom is -0.224 e. The first-order valence-corrected chi connectivity index (χ1v) is 4.25. The summed E-state index contributed by atoms with van der Waals surface area (Å²) in [6, 6.07) is 0. The number of hydrogen-bond donors (Lipinski definition) is 0. The van der Waals surface area contributed by atoms with Crippen molar-refractivity contribution >= 4 is 11.8 Å². The van der Waals surface area contributed by atoms with Crippen molar-refractivity contribution in [3.63, 3.8) is 0 Å². The summed E-state index contributed by atoms with van der Waals surface area (Å²) in [5, 5.41) is 8.74. The van der Waals surface area contributed by atoms with Crippen molar-refractivity contribution in [2.24, 2.45) is 7.05 Å². The van der Waals surface area contributed by atoms with Gasteiger partial charge in [-0.25, -0.2) is 4.68 Å². The third-order valence-electron chi connectivity index (χ3n) is 1.32. The molecule has 0 spiro atoms. The molecule has 13 heavy (non-hydrogen) atoms. The molecule has 0 aliphatic carbocycles. The molecule has 1 heterocycles. The Hall–Kier alpha value is -0.790. The maximum Gasteiger partial charge on any atom is 0.400 e. The average Bonchev–Trinajstić information content (AvgIpc) is 2.34. The number of thioether (sulfide) groups is 1. The number of tetrazole rings is 1. The highest BCUT2D eigenvalue weighted by Crippen LogP contribution is 2.32. The molecule has 0 amide bonds. The summed E-state index contributed by atoms with van der Waals surface area (Å²) in [6.07, 6.45) is -4.23. The van der Waals surface area contributed by atoms with Crippen LogP contribution in [0.1, 0.15) is 6.92 Å². The van der Waals surface area contributed by atoms with Gasteiger partial charge in [-0.05, 0) is 17.4 Å². The van der Waals surface area contributed by atoms with E-state index < -0.39 is 11.4 Å². The molecule has 0 aromatic carbocycles. The third kappa shape index (κ3) is 2.58. The largest absolute Gasteiger partial charge is 0.400 e. The number of alkyl halides is 3. The van der Waals surface area contributed by atoms with Crippen molar-refractivity contribution in [1.82, 2.24) is 20.2 Å². The summed E-state index contributed by atoms with van der Waals surface area (Å²) in [5.74, 6) is 0. The van der Waals surface area contributed by atoms with E-state index in [1.165, 1.54) is 11.7 Å². The Morgan fingerprint density at radius 1 is 1.46 bits per heavy atom. The van der Waals surface area contributed by atoms with Crippen LogP contribution in [0.5, 0.6) is 0 Å². The zero-order valence-corrected chi connectivity index (χ0v) is 7.72. The van der Waals surface area contributed by atoms with E-state index in [-0.39, 0.29) is 5.16 Å². The van der Waals surface area contributed by atoms with E-state index in [1.54, 1.807) is 0 Å². The number of aromatic nitrogens is 4. The molecule has 1 aromatic rings. The lowest BCUT2D eigenvalue weighted by Gasteiger charge is -2.13. The van der Waals surface area contributed by atoms with Crippen molar-refractivity contribution in [2.45, 2.75) is 23.5 Å². The van der Waals surface area contributed by atoms with Crippen LogP contribution in [-0.2, 0) is 7.05 Å². The summed E-state index contributed by atoms with van der Waals surface area (Å²) < 4.78 is 37.4. The van der Waals surface area contributed by atoms with Crippen LogP contribution in [0.4, 0.5) is 13.2 Å². The lowest BCUT2D eigenvalue weighted by Crippen LogP contribution is -2.22. The molecule has 0 aliphatic rings. The van der Waals surface area contributed by atoms with Gasteiger partial charge >= 0.3 is 6.18 Å². The van der Waals surface area contributed by atoms with Crippen LogP contribution in [0.15, 0.2) is 5.16 Å². The SMILES string of the molecule is CC(Sc1nnnn1C)C(F)(F)F. The van der Waals surface area contributed by atoms with Gasteiger partial charge in [0.1, 0.15) is 5.25 Å². The second-order valence-electron chi connectivity index (χ2n) is 2.39. The number of hydrogen-bond acceptors (Lipinski definition) is 4. The van der Waals surface area contributed by atoms with E-state index in [0.717, 1.165) is 6.92 Å². The van der Waals surface area contributed by atoms with Gasteiger partial charge in [0.25, 0.3) is 0 Å². The molecule has 0 fully saturated rings. The van der Waals surface area contributed by atoms with Gasteiger partial charge < -0.3 is 0 Å². The fourth-order valence-electron chi connectivity index (χ4n) is 0.546. The molecule has 4 nitrogen and oxygen atoms in total. The molecule has 1 aromatic heterocycles. The van der Waals surface area contributed by atoms with E-state index >= 15 is 0 Å². The van der Waals surface area contributed by atoms with Gasteiger partial charge in [0.05, 0.1) is 0 Å². The quantitative estimate of drug-likeness (QED) is 0.692. The number of nitrogens with zero attached hydrogens (tertiary/aromatic N) is 4. The Morgan fingerprint density at radius 3 is 2.46 bits per heavy atom. The van der Waals surface area contributed by atoms with Crippen LogP contribution >= 0.6 is 11.8 Å². The van der Waals surface area contributed by atoms with Crippen molar-refractivity contribution < 1.29 is 13.2 Å². The first kappa shape index (κ1) is 10.3. The maximum atomic E-state index is 12.1. The van der Waals surface area contributed by atoms with Crippen LogP contribution < -0.4 is 0 Å². The van der Waals surface area contributed by atoms with Gasteiger partial charge in [-0.15, -0.1) is 5.10 Å². The van der Waals surface area contributed by atoms with E-state index in [1.807, 2.05) is 0 Å². The second kappa shape index (κ2) is 3.52. The van der Waals surface area contributed by atoms with Crippen molar-refractivity contribution in [3.8, 4) is 0 Å². The second-order valence-corrected chi connectivity index (χ2v) is 3.69. The minimum atomic E-state index is -4.23. The number of halogens is 3. The lowest BCUT2D eigenvalue weighted by molar-refractivity contribution is -0.125. The zero-order valence-electron chi connectivity index (χ0n) is 6.91. The maximum absolute atomic E-state index is 12.1. The minimum absolute atomic E-state index is 0.157. The van der Waals surface area contributed by atoms with Gasteiger partial charge in [0.2, 0.25) is 5.16 Å². The first-order chi connectivity index (χ1) is 5.91. The van der Waals surface area contributed by atoms with Gasteiger partial charge in [-0.2, -0.15) is 13.2 Å². The molecule has 1 rings (SSSR count). The topological polar surface area (TPSA) is 43.6 Å². The Balaban J connectivity index is 2.65. The standard InChI is InChI=1S/C5H7F3N4S/c1-3(5(6,7)8)13-4-9-10-11-12(4)2/h3H,1-2H3.